The maximum Gasteiger partial charge on any atom is 0.275 e. The van der Waals surface area contributed by atoms with E-state index < -0.39 is 0 Å². The number of aryl methyl sites for hydroxylation is 1. The molecule has 1 amide bonds. The van der Waals surface area contributed by atoms with Gasteiger partial charge in [0, 0.05) is 55.2 Å². The summed E-state index contributed by atoms with van der Waals surface area (Å²) < 4.78 is 3.81. The summed E-state index contributed by atoms with van der Waals surface area (Å²) >= 11 is 0. The molecule has 6 heteroatoms. The number of rotatable bonds is 6. The van der Waals surface area contributed by atoms with Gasteiger partial charge in [0.05, 0.1) is 5.56 Å². The Kier molecular flexibility index (Phi) is 6.52. The molecule has 6 nitrogen and oxygen atoms in total. The lowest BCUT2D eigenvalue weighted by atomic mass is 9.92. The van der Waals surface area contributed by atoms with Crippen LogP contribution >= 0.6 is 0 Å². The van der Waals surface area contributed by atoms with Crippen LogP contribution in [0.3, 0.4) is 0 Å². The monoisotopic (exact) mass is 462 g/mol. The Morgan fingerprint density at radius 1 is 1.09 bits per heavy atom. The van der Waals surface area contributed by atoms with Gasteiger partial charge in [-0.25, -0.2) is 0 Å². The first-order chi connectivity index (χ1) is 16.4. The molecule has 1 aliphatic heterocycles. The maximum atomic E-state index is 13.6. The number of carbonyl (C=O) groups excluding carboxylic acids is 1. The van der Waals surface area contributed by atoms with Gasteiger partial charge in [-0.3, -0.25) is 9.59 Å². The Bertz CT molecular complexity index is 1240. The lowest BCUT2D eigenvalue weighted by Crippen LogP contribution is -2.40. The number of fused-ring (bicyclic) bond motifs is 3. The quantitative estimate of drug-likeness (QED) is 0.540. The molecule has 2 atom stereocenters. The number of hydrogen-bond donors (Lipinski definition) is 1. The molecule has 1 N–H and O–H groups in total. The average molecular weight is 463 g/mol. The Balaban J connectivity index is 1.42. The van der Waals surface area contributed by atoms with Crippen LogP contribution in [0.15, 0.2) is 35.3 Å². The van der Waals surface area contributed by atoms with Crippen LogP contribution in [0, 0.1) is 11.8 Å². The molecule has 1 saturated heterocycles. The molecule has 0 radical (unpaired) electrons. The summed E-state index contributed by atoms with van der Waals surface area (Å²) in [6.07, 6.45) is 8.37. The molecule has 1 saturated carbocycles. The van der Waals surface area contributed by atoms with Crippen molar-refractivity contribution in [2.75, 3.05) is 26.2 Å². The van der Waals surface area contributed by atoms with E-state index in [0.29, 0.717) is 17.6 Å². The number of likely N-dealkylation sites (tertiary alicyclic amines) is 1. The van der Waals surface area contributed by atoms with Crippen LogP contribution < -0.4 is 10.9 Å². The summed E-state index contributed by atoms with van der Waals surface area (Å²) in [6, 6.07) is 8.19. The van der Waals surface area contributed by atoms with Gasteiger partial charge < -0.3 is 19.4 Å². The first-order valence-corrected chi connectivity index (χ1v) is 13.1. The van der Waals surface area contributed by atoms with E-state index in [9.17, 15) is 9.59 Å². The molecular formula is C28H38N4O2. The van der Waals surface area contributed by atoms with E-state index in [1.807, 2.05) is 46.6 Å². The lowest BCUT2D eigenvalue weighted by molar-refractivity contribution is 0.0948. The van der Waals surface area contributed by atoms with Crippen LogP contribution in [0.2, 0.25) is 0 Å². The molecule has 5 rings (SSSR count). The second-order valence-electron chi connectivity index (χ2n) is 10.8. The highest BCUT2D eigenvalue weighted by atomic mass is 16.2. The Labute approximate surface area is 201 Å². The average Bonchev–Trinajstić information content (AvgIpc) is 3.44. The largest absolute Gasteiger partial charge is 0.352 e. The molecule has 3 heterocycles. The van der Waals surface area contributed by atoms with E-state index in [2.05, 4.69) is 24.1 Å². The number of para-hydroxylation sites is 1. The van der Waals surface area contributed by atoms with Gasteiger partial charge in [0.2, 0.25) is 0 Å². The molecule has 3 aromatic rings. The van der Waals surface area contributed by atoms with Crippen LogP contribution in [0.25, 0.3) is 21.8 Å². The Morgan fingerprint density at radius 2 is 1.79 bits per heavy atom. The number of pyridine rings is 1. The van der Waals surface area contributed by atoms with E-state index in [1.165, 1.54) is 6.42 Å². The third kappa shape index (κ3) is 4.28. The predicted molar refractivity (Wildman–Crippen MR) is 139 cm³/mol. The predicted octanol–water partition coefficient (Wildman–Crippen LogP) is 4.71. The second-order valence-corrected chi connectivity index (χ2v) is 10.8. The van der Waals surface area contributed by atoms with Gasteiger partial charge in [0.15, 0.2) is 0 Å². The van der Waals surface area contributed by atoms with Crippen molar-refractivity contribution in [1.29, 1.82) is 0 Å². The van der Waals surface area contributed by atoms with Gasteiger partial charge in [0.25, 0.3) is 11.5 Å². The van der Waals surface area contributed by atoms with Gasteiger partial charge in [-0.2, -0.15) is 0 Å². The summed E-state index contributed by atoms with van der Waals surface area (Å²) in [5.74, 6) is 1.41. The Hall–Kier alpha value is -2.60. The number of piperidine rings is 1. The molecule has 2 fully saturated rings. The molecule has 1 aliphatic carbocycles. The zero-order valence-corrected chi connectivity index (χ0v) is 20.8. The van der Waals surface area contributed by atoms with Crippen molar-refractivity contribution in [2.45, 2.75) is 58.4 Å². The normalized spacial score (nSPS) is 22.1. The number of benzene rings is 1. The van der Waals surface area contributed by atoms with Crippen molar-refractivity contribution < 1.29 is 4.79 Å². The molecule has 182 valence electrons. The van der Waals surface area contributed by atoms with E-state index in [1.54, 1.807) is 0 Å². The summed E-state index contributed by atoms with van der Waals surface area (Å²) in [6.45, 7) is 8.63. The maximum absolute atomic E-state index is 13.6. The summed E-state index contributed by atoms with van der Waals surface area (Å²) in [5, 5.41) is 4.93. The molecule has 0 bridgehead atoms. The lowest BCUT2D eigenvalue weighted by Gasteiger charge is -2.34. The number of nitrogens with one attached hydrogen (secondary N) is 1. The Morgan fingerprint density at radius 3 is 2.53 bits per heavy atom. The van der Waals surface area contributed by atoms with Gasteiger partial charge in [-0.05, 0) is 50.1 Å². The van der Waals surface area contributed by atoms with Crippen molar-refractivity contribution in [3.05, 3.63) is 46.4 Å². The van der Waals surface area contributed by atoms with E-state index in [-0.39, 0.29) is 17.5 Å². The highest BCUT2D eigenvalue weighted by molar-refractivity contribution is 6.17. The van der Waals surface area contributed by atoms with Crippen molar-refractivity contribution in [3.63, 3.8) is 0 Å². The fourth-order valence-corrected chi connectivity index (χ4v) is 6.50. The third-order valence-electron chi connectivity index (χ3n) is 7.93. The van der Waals surface area contributed by atoms with E-state index in [0.717, 1.165) is 79.9 Å². The zero-order valence-electron chi connectivity index (χ0n) is 20.8. The minimum Gasteiger partial charge on any atom is -0.352 e. The SMILES string of the molecule is CC1CC(C)CN(CCCNC(=O)c2cn(C3CCCC3)c(=O)c3c2c2ccccc2n3C)C1. The summed E-state index contributed by atoms with van der Waals surface area (Å²) in [7, 11) is 1.94. The van der Waals surface area contributed by atoms with Crippen molar-refractivity contribution in [3.8, 4) is 0 Å². The molecule has 0 spiro atoms. The molecule has 2 unspecified atom stereocenters. The highest BCUT2D eigenvalue weighted by Gasteiger charge is 2.26. The first-order valence-electron chi connectivity index (χ1n) is 13.1. The van der Waals surface area contributed by atoms with Crippen LogP contribution in [0.5, 0.6) is 0 Å². The van der Waals surface area contributed by atoms with Gasteiger partial charge in [-0.15, -0.1) is 0 Å². The number of carbonyl (C=O) groups is 1. The summed E-state index contributed by atoms with van der Waals surface area (Å²) in [4.78, 5) is 29.6. The van der Waals surface area contributed by atoms with Crippen LogP contribution in [0.1, 0.15) is 68.8 Å². The highest BCUT2D eigenvalue weighted by Crippen LogP contribution is 2.33. The fraction of sp³-hybridized carbons (Fsp3) is 0.571. The van der Waals surface area contributed by atoms with Gasteiger partial charge in [0.1, 0.15) is 5.52 Å². The fourth-order valence-electron chi connectivity index (χ4n) is 6.50. The molecule has 34 heavy (non-hydrogen) atoms. The van der Waals surface area contributed by atoms with E-state index in [4.69, 9.17) is 0 Å². The van der Waals surface area contributed by atoms with Crippen LogP contribution in [-0.4, -0.2) is 46.1 Å². The third-order valence-corrected chi connectivity index (χ3v) is 7.93. The van der Waals surface area contributed by atoms with Gasteiger partial charge in [-0.1, -0.05) is 44.9 Å². The summed E-state index contributed by atoms with van der Waals surface area (Å²) in [5.41, 5.74) is 2.27. The second kappa shape index (κ2) is 9.57. The van der Waals surface area contributed by atoms with Gasteiger partial charge >= 0.3 is 0 Å². The number of aromatic nitrogens is 2. The van der Waals surface area contributed by atoms with Crippen LogP contribution in [0.4, 0.5) is 0 Å². The molecular weight excluding hydrogens is 424 g/mol. The standard InChI is InChI=1S/C28H38N4O2/c1-19-15-20(2)17-31(16-19)14-8-13-29-27(33)23-18-32(21-9-4-5-10-21)28(34)26-25(23)22-11-6-7-12-24(22)30(26)3/h6-7,11-12,18-21H,4-5,8-10,13-17H2,1-3H3,(H,29,33). The molecule has 2 aromatic heterocycles. The number of nitrogens with zero attached hydrogens (tertiary/aromatic N) is 3. The topological polar surface area (TPSA) is 59.3 Å². The molecule has 1 aromatic carbocycles. The van der Waals surface area contributed by atoms with Crippen LogP contribution in [-0.2, 0) is 7.05 Å². The van der Waals surface area contributed by atoms with Crippen molar-refractivity contribution in [2.24, 2.45) is 18.9 Å². The molecule has 2 aliphatic rings. The number of amides is 1. The van der Waals surface area contributed by atoms with Crippen molar-refractivity contribution >= 4 is 27.7 Å². The van der Waals surface area contributed by atoms with Crippen molar-refractivity contribution in [1.82, 2.24) is 19.4 Å². The zero-order chi connectivity index (χ0) is 23.8. The minimum atomic E-state index is -0.0755. The number of hydrogen-bond acceptors (Lipinski definition) is 3. The first kappa shape index (κ1) is 23.2. The smallest absolute Gasteiger partial charge is 0.275 e. The minimum absolute atomic E-state index is 0.0190. The van der Waals surface area contributed by atoms with E-state index >= 15 is 0 Å².